The first-order valence-corrected chi connectivity index (χ1v) is 8.40. The van der Waals surface area contributed by atoms with Gasteiger partial charge in [-0.05, 0) is 43.5 Å². The van der Waals surface area contributed by atoms with Gasteiger partial charge < -0.3 is 4.98 Å². The molecule has 1 N–H and O–H groups in total. The van der Waals surface area contributed by atoms with E-state index in [2.05, 4.69) is 16.0 Å². The lowest BCUT2D eigenvalue weighted by Crippen LogP contribution is -1.95. The van der Waals surface area contributed by atoms with Crippen LogP contribution in [0, 0.1) is 17.1 Å². The van der Waals surface area contributed by atoms with Crippen LogP contribution >= 0.6 is 0 Å². The number of carbonyl (C=O) groups excluding carboxylic acids is 1. The van der Waals surface area contributed by atoms with Gasteiger partial charge in [0.05, 0.1) is 5.69 Å². The number of halogens is 1. The summed E-state index contributed by atoms with van der Waals surface area (Å²) in [6, 6.07) is 8.15. The molecule has 2 rings (SSSR count). The lowest BCUT2D eigenvalue weighted by Gasteiger charge is -2.01. The number of Topliss-reactive ketones (excluding diaryl/α,β-unsaturated/α-hetero) is 1. The Morgan fingerprint density at radius 3 is 2.58 bits per heavy atom. The van der Waals surface area contributed by atoms with Gasteiger partial charge >= 0.3 is 0 Å². The Hall–Kier alpha value is -2.48. The third-order valence-corrected chi connectivity index (χ3v) is 4.03. The normalized spacial score (nSPS) is 10.5. The van der Waals surface area contributed by atoms with Gasteiger partial charge in [0.15, 0.2) is 5.69 Å². The van der Waals surface area contributed by atoms with Crippen LogP contribution in [0.15, 0.2) is 24.3 Å². The summed E-state index contributed by atoms with van der Waals surface area (Å²) in [6.07, 6.45) is 5.95. The maximum absolute atomic E-state index is 13.0. The standard InChI is InChI=1S/C19H22FN3O/c1-2-16(24)7-5-3-4-6-8-17-18(13-21)23-19(22-17)14-9-11-15(20)12-10-14/h9-12H,2-8H2,1H3,(H,22,23). The zero-order valence-electron chi connectivity index (χ0n) is 13.9. The Bertz CT molecular complexity index is 713. The first-order valence-electron chi connectivity index (χ1n) is 8.40. The molecule has 0 aliphatic carbocycles. The van der Waals surface area contributed by atoms with Crippen LogP contribution in [0.25, 0.3) is 11.4 Å². The summed E-state index contributed by atoms with van der Waals surface area (Å²) in [5.41, 5.74) is 1.98. The fourth-order valence-corrected chi connectivity index (χ4v) is 2.58. The maximum Gasteiger partial charge on any atom is 0.162 e. The largest absolute Gasteiger partial charge is 0.341 e. The monoisotopic (exact) mass is 327 g/mol. The number of hydrogen-bond acceptors (Lipinski definition) is 3. The SMILES string of the molecule is CCC(=O)CCCCCCc1[nH]c(-c2ccc(F)cc2)nc1C#N. The van der Waals surface area contributed by atoms with Gasteiger partial charge in [-0.3, -0.25) is 4.79 Å². The average molecular weight is 327 g/mol. The van der Waals surface area contributed by atoms with E-state index >= 15 is 0 Å². The molecule has 0 fully saturated rings. The van der Waals surface area contributed by atoms with Crippen LogP contribution in [0.3, 0.4) is 0 Å². The van der Waals surface area contributed by atoms with Gasteiger partial charge in [0.25, 0.3) is 0 Å². The van der Waals surface area contributed by atoms with Crippen molar-refractivity contribution in [1.82, 2.24) is 9.97 Å². The van der Waals surface area contributed by atoms with Gasteiger partial charge in [0.2, 0.25) is 0 Å². The maximum atomic E-state index is 13.0. The molecular formula is C19H22FN3O. The Morgan fingerprint density at radius 1 is 1.21 bits per heavy atom. The molecule has 4 nitrogen and oxygen atoms in total. The van der Waals surface area contributed by atoms with Crippen molar-refractivity contribution in [2.75, 3.05) is 0 Å². The van der Waals surface area contributed by atoms with Crippen LogP contribution in [0.1, 0.15) is 56.8 Å². The van der Waals surface area contributed by atoms with Crippen LogP contribution in [-0.4, -0.2) is 15.8 Å². The van der Waals surface area contributed by atoms with Gasteiger partial charge in [-0.25, -0.2) is 9.37 Å². The van der Waals surface area contributed by atoms with Crippen molar-refractivity contribution in [1.29, 1.82) is 5.26 Å². The highest BCUT2D eigenvalue weighted by Gasteiger charge is 2.11. The number of unbranched alkanes of at least 4 members (excludes halogenated alkanes) is 3. The minimum absolute atomic E-state index is 0.299. The Morgan fingerprint density at radius 2 is 1.92 bits per heavy atom. The second kappa shape index (κ2) is 8.97. The van der Waals surface area contributed by atoms with Crippen molar-refractivity contribution in [3.8, 4) is 17.5 Å². The van der Waals surface area contributed by atoms with Crippen molar-refractivity contribution in [2.24, 2.45) is 0 Å². The summed E-state index contributed by atoms with van der Waals surface area (Å²) in [5, 5.41) is 9.22. The van der Waals surface area contributed by atoms with E-state index in [1.807, 2.05) is 6.92 Å². The zero-order chi connectivity index (χ0) is 17.4. The molecule has 0 amide bonds. The number of imidazole rings is 1. The Kier molecular flexibility index (Phi) is 6.68. The first-order chi connectivity index (χ1) is 11.6. The highest BCUT2D eigenvalue weighted by molar-refractivity contribution is 5.77. The fraction of sp³-hybridized carbons (Fsp3) is 0.421. The van der Waals surface area contributed by atoms with E-state index in [0.29, 0.717) is 30.1 Å². The zero-order valence-corrected chi connectivity index (χ0v) is 13.9. The lowest BCUT2D eigenvalue weighted by atomic mass is 10.1. The molecule has 2 aromatic rings. The number of hydrogen-bond donors (Lipinski definition) is 1. The average Bonchev–Trinajstić information content (AvgIpc) is 3.01. The quantitative estimate of drug-likeness (QED) is 0.686. The van der Waals surface area contributed by atoms with E-state index in [1.54, 1.807) is 12.1 Å². The number of aryl methyl sites for hydroxylation is 1. The lowest BCUT2D eigenvalue weighted by molar-refractivity contribution is -0.118. The highest BCUT2D eigenvalue weighted by atomic mass is 19.1. The Labute approximate surface area is 141 Å². The molecule has 0 unspecified atom stereocenters. The van der Waals surface area contributed by atoms with Crippen LogP contribution in [0.2, 0.25) is 0 Å². The van der Waals surface area contributed by atoms with Crippen molar-refractivity contribution >= 4 is 5.78 Å². The topological polar surface area (TPSA) is 69.5 Å². The van der Waals surface area contributed by atoms with Gasteiger partial charge in [0.1, 0.15) is 23.5 Å². The number of H-pyrrole nitrogens is 1. The summed E-state index contributed by atoms with van der Waals surface area (Å²) in [4.78, 5) is 18.7. The summed E-state index contributed by atoms with van der Waals surface area (Å²) < 4.78 is 13.0. The molecular weight excluding hydrogens is 305 g/mol. The van der Waals surface area contributed by atoms with Gasteiger partial charge in [-0.15, -0.1) is 0 Å². The van der Waals surface area contributed by atoms with E-state index < -0.39 is 0 Å². The van der Waals surface area contributed by atoms with E-state index in [1.165, 1.54) is 12.1 Å². The molecule has 0 aliphatic rings. The molecule has 0 saturated carbocycles. The molecule has 1 aromatic heterocycles. The molecule has 24 heavy (non-hydrogen) atoms. The molecule has 0 bridgehead atoms. The summed E-state index contributed by atoms with van der Waals surface area (Å²) in [7, 11) is 0. The third-order valence-electron chi connectivity index (χ3n) is 4.03. The molecule has 1 heterocycles. The summed E-state index contributed by atoms with van der Waals surface area (Å²) in [6.45, 7) is 1.89. The number of aromatic nitrogens is 2. The second-order valence-corrected chi connectivity index (χ2v) is 5.84. The summed E-state index contributed by atoms with van der Waals surface area (Å²) >= 11 is 0. The van der Waals surface area contributed by atoms with E-state index in [4.69, 9.17) is 0 Å². The molecule has 0 radical (unpaired) electrons. The number of ketones is 1. The smallest absolute Gasteiger partial charge is 0.162 e. The minimum atomic E-state index is -0.299. The van der Waals surface area contributed by atoms with Crippen molar-refractivity contribution in [2.45, 2.75) is 51.9 Å². The molecule has 5 heteroatoms. The number of nitrogens with one attached hydrogen (secondary N) is 1. The number of carbonyl (C=O) groups is 1. The molecule has 1 aromatic carbocycles. The number of aromatic amines is 1. The molecule has 0 saturated heterocycles. The Balaban J connectivity index is 1.88. The molecule has 126 valence electrons. The number of benzene rings is 1. The number of nitriles is 1. The number of rotatable bonds is 9. The summed E-state index contributed by atoms with van der Waals surface area (Å²) in [5.74, 6) is 0.613. The van der Waals surface area contributed by atoms with Crippen LogP contribution in [0.5, 0.6) is 0 Å². The molecule has 0 atom stereocenters. The molecule has 0 aliphatic heterocycles. The fourth-order valence-electron chi connectivity index (χ4n) is 2.58. The van der Waals surface area contributed by atoms with Crippen molar-refractivity contribution < 1.29 is 9.18 Å². The highest BCUT2D eigenvalue weighted by Crippen LogP contribution is 2.20. The van der Waals surface area contributed by atoms with Crippen LogP contribution < -0.4 is 0 Å². The predicted molar refractivity (Wildman–Crippen MR) is 90.8 cm³/mol. The first kappa shape index (κ1) is 17.9. The van der Waals surface area contributed by atoms with E-state index in [0.717, 1.165) is 43.4 Å². The van der Waals surface area contributed by atoms with Gasteiger partial charge in [-0.2, -0.15) is 5.26 Å². The van der Waals surface area contributed by atoms with Crippen molar-refractivity contribution in [3.05, 3.63) is 41.5 Å². The van der Waals surface area contributed by atoms with E-state index in [9.17, 15) is 14.4 Å². The van der Waals surface area contributed by atoms with Crippen molar-refractivity contribution in [3.63, 3.8) is 0 Å². The van der Waals surface area contributed by atoms with Gasteiger partial charge in [-0.1, -0.05) is 19.8 Å². The van der Waals surface area contributed by atoms with E-state index in [-0.39, 0.29) is 5.82 Å². The van der Waals surface area contributed by atoms with Crippen LogP contribution in [-0.2, 0) is 11.2 Å². The van der Waals surface area contributed by atoms with Gasteiger partial charge in [0, 0.05) is 18.4 Å². The molecule has 0 spiro atoms. The minimum Gasteiger partial charge on any atom is -0.341 e. The number of nitrogens with zero attached hydrogens (tertiary/aromatic N) is 2. The second-order valence-electron chi connectivity index (χ2n) is 5.84. The van der Waals surface area contributed by atoms with Crippen LogP contribution in [0.4, 0.5) is 4.39 Å². The predicted octanol–water partition coefficient (Wildman–Crippen LogP) is 4.56. The third kappa shape index (κ3) is 5.02.